The third kappa shape index (κ3) is 5.10. The summed E-state index contributed by atoms with van der Waals surface area (Å²) in [7, 11) is 1.32. The number of esters is 2. The van der Waals surface area contributed by atoms with E-state index in [0.717, 1.165) is 52.8 Å². The number of methoxy groups -OCH3 is 1. The molecule has 1 aromatic carbocycles. The summed E-state index contributed by atoms with van der Waals surface area (Å²) in [6, 6.07) is 6.81. The summed E-state index contributed by atoms with van der Waals surface area (Å²) in [6.07, 6.45) is 4.54. The molecule has 0 saturated carbocycles. The summed E-state index contributed by atoms with van der Waals surface area (Å²) in [5, 5.41) is 12.2. The van der Waals surface area contributed by atoms with E-state index in [-0.39, 0.29) is 0 Å². The summed E-state index contributed by atoms with van der Waals surface area (Å²) >= 11 is 2.86. The number of hydrogen-bond acceptors (Lipinski definition) is 9. The van der Waals surface area contributed by atoms with Crippen molar-refractivity contribution in [1.82, 2.24) is 14.8 Å². The lowest BCUT2D eigenvalue weighted by Gasteiger charge is -2.14. The molecule has 0 spiro atoms. The lowest BCUT2D eigenvalue weighted by molar-refractivity contribution is -0.123. The molecule has 1 amide bonds. The van der Waals surface area contributed by atoms with Gasteiger partial charge >= 0.3 is 11.9 Å². The fraction of sp³-hybridized carbons (Fsp3) is 0.375. The van der Waals surface area contributed by atoms with Crippen LogP contribution in [-0.2, 0) is 27.1 Å². The second-order valence-corrected chi connectivity index (χ2v) is 9.94. The highest BCUT2D eigenvalue weighted by molar-refractivity contribution is 7.98. The van der Waals surface area contributed by atoms with Crippen LogP contribution in [0.5, 0.6) is 0 Å². The normalized spacial score (nSPS) is 13.6. The Kier molecular flexibility index (Phi) is 7.56. The van der Waals surface area contributed by atoms with Crippen LogP contribution in [0, 0.1) is 6.92 Å². The number of thiophene rings is 1. The minimum absolute atomic E-state index is 0.312. The molecule has 2 aromatic heterocycles. The lowest BCUT2D eigenvalue weighted by atomic mass is 9.95. The number of fused-ring (bicyclic) bond motifs is 1. The summed E-state index contributed by atoms with van der Waals surface area (Å²) < 4.78 is 12.2. The van der Waals surface area contributed by atoms with Crippen LogP contribution in [0.4, 0.5) is 5.00 Å². The van der Waals surface area contributed by atoms with E-state index in [1.54, 1.807) is 24.3 Å². The molecule has 0 saturated heterocycles. The van der Waals surface area contributed by atoms with Crippen LogP contribution >= 0.6 is 23.1 Å². The van der Waals surface area contributed by atoms with Crippen LogP contribution in [0.25, 0.3) is 5.69 Å². The molecular formula is C24H26N4O5S2. The van der Waals surface area contributed by atoms with Gasteiger partial charge in [-0.25, -0.2) is 9.59 Å². The van der Waals surface area contributed by atoms with Crippen molar-refractivity contribution < 1.29 is 23.9 Å². The van der Waals surface area contributed by atoms with E-state index in [4.69, 9.17) is 9.47 Å². The predicted molar refractivity (Wildman–Crippen MR) is 134 cm³/mol. The average Bonchev–Trinajstić information content (AvgIpc) is 3.42. The third-order valence-electron chi connectivity index (χ3n) is 5.79. The first-order valence-corrected chi connectivity index (χ1v) is 13.2. The SMILES string of the molecule is COC(=O)c1c(NC(=O)C(C)OC(=O)c2ccc(-n3c(C)nnc3SC)cc2)sc2c1CCCC2. The first kappa shape index (κ1) is 24.9. The van der Waals surface area contributed by atoms with Crippen molar-refractivity contribution in [3.8, 4) is 5.69 Å². The molecule has 11 heteroatoms. The largest absolute Gasteiger partial charge is 0.465 e. The van der Waals surface area contributed by atoms with Gasteiger partial charge in [-0.05, 0) is 75.6 Å². The molecule has 4 rings (SSSR count). The minimum atomic E-state index is -1.06. The van der Waals surface area contributed by atoms with Crippen molar-refractivity contribution in [2.75, 3.05) is 18.7 Å². The predicted octanol–water partition coefficient (Wildman–Crippen LogP) is 4.21. The molecule has 1 aliphatic rings. The molecule has 0 aliphatic heterocycles. The maximum atomic E-state index is 12.8. The van der Waals surface area contributed by atoms with Gasteiger partial charge in [0.25, 0.3) is 5.91 Å². The van der Waals surface area contributed by atoms with Crippen LogP contribution in [0.15, 0.2) is 29.4 Å². The molecule has 1 N–H and O–H groups in total. The van der Waals surface area contributed by atoms with Crippen LogP contribution in [0.3, 0.4) is 0 Å². The highest BCUT2D eigenvalue weighted by atomic mass is 32.2. The van der Waals surface area contributed by atoms with Gasteiger partial charge in [-0.3, -0.25) is 9.36 Å². The summed E-state index contributed by atoms with van der Waals surface area (Å²) in [5.41, 5.74) is 2.48. The molecule has 0 bridgehead atoms. The smallest absolute Gasteiger partial charge is 0.341 e. The molecule has 3 aromatic rings. The van der Waals surface area contributed by atoms with Gasteiger partial charge in [-0.2, -0.15) is 0 Å². The van der Waals surface area contributed by atoms with Gasteiger partial charge < -0.3 is 14.8 Å². The Morgan fingerprint density at radius 2 is 1.83 bits per heavy atom. The van der Waals surface area contributed by atoms with E-state index in [1.165, 1.54) is 37.1 Å². The quantitative estimate of drug-likeness (QED) is 0.369. The molecule has 0 radical (unpaired) electrons. The number of rotatable bonds is 7. The van der Waals surface area contributed by atoms with Gasteiger partial charge in [0.2, 0.25) is 0 Å². The van der Waals surface area contributed by atoms with Crippen molar-refractivity contribution in [3.63, 3.8) is 0 Å². The van der Waals surface area contributed by atoms with Crippen LogP contribution < -0.4 is 5.32 Å². The van der Waals surface area contributed by atoms with Gasteiger partial charge in [-0.1, -0.05) is 11.8 Å². The number of aryl methyl sites for hydroxylation is 2. The lowest BCUT2D eigenvalue weighted by Crippen LogP contribution is -2.30. The number of hydrogen-bond donors (Lipinski definition) is 1. The number of carbonyl (C=O) groups excluding carboxylic acids is 3. The fourth-order valence-corrected chi connectivity index (χ4v) is 5.81. The zero-order valence-electron chi connectivity index (χ0n) is 19.9. The number of benzene rings is 1. The highest BCUT2D eigenvalue weighted by Gasteiger charge is 2.28. The van der Waals surface area contributed by atoms with Gasteiger partial charge in [0.05, 0.1) is 18.2 Å². The first-order chi connectivity index (χ1) is 16.8. The second-order valence-electron chi connectivity index (χ2n) is 8.06. The van der Waals surface area contributed by atoms with Gasteiger partial charge in [-0.15, -0.1) is 21.5 Å². The van der Waals surface area contributed by atoms with E-state index in [9.17, 15) is 14.4 Å². The molecule has 2 heterocycles. The Bertz CT molecular complexity index is 1270. The van der Waals surface area contributed by atoms with Crippen molar-refractivity contribution in [2.45, 2.75) is 50.8 Å². The standard InChI is InChI=1S/C24H26N4O5S2/c1-13(20(29)25-21-19(23(31)32-3)17-7-5-6-8-18(17)35-21)33-22(30)15-9-11-16(12-10-15)28-14(2)26-27-24(28)34-4/h9-13H,5-8H2,1-4H3,(H,25,29). The number of thioether (sulfide) groups is 1. The van der Waals surface area contributed by atoms with Crippen molar-refractivity contribution in [2.24, 2.45) is 0 Å². The Labute approximate surface area is 211 Å². The zero-order chi connectivity index (χ0) is 25.1. The second kappa shape index (κ2) is 10.6. The summed E-state index contributed by atoms with van der Waals surface area (Å²) in [6.45, 7) is 3.35. The van der Waals surface area contributed by atoms with Crippen molar-refractivity contribution in [1.29, 1.82) is 0 Å². The van der Waals surface area contributed by atoms with Crippen molar-refractivity contribution >= 4 is 45.9 Å². The van der Waals surface area contributed by atoms with E-state index in [2.05, 4.69) is 15.5 Å². The van der Waals surface area contributed by atoms with Crippen LogP contribution in [-0.4, -0.2) is 52.1 Å². The molecule has 184 valence electrons. The van der Waals surface area contributed by atoms with Gasteiger partial charge in [0.15, 0.2) is 11.3 Å². The molecule has 1 unspecified atom stereocenters. The molecule has 1 atom stereocenters. The van der Waals surface area contributed by atoms with E-state index < -0.39 is 23.9 Å². The Balaban J connectivity index is 1.45. The number of ether oxygens (including phenoxy) is 2. The van der Waals surface area contributed by atoms with Gasteiger partial charge in [0.1, 0.15) is 10.8 Å². The fourth-order valence-electron chi connectivity index (χ4n) is 3.99. The number of nitrogens with zero attached hydrogens (tertiary/aromatic N) is 3. The molecule has 35 heavy (non-hydrogen) atoms. The van der Waals surface area contributed by atoms with Crippen LogP contribution in [0.2, 0.25) is 0 Å². The van der Waals surface area contributed by atoms with Crippen molar-refractivity contribution in [3.05, 3.63) is 51.7 Å². The monoisotopic (exact) mass is 514 g/mol. The zero-order valence-corrected chi connectivity index (χ0v) is 21.5. The molecule has 0 fully saturated rings. The third-order valence-corrected chi connectivity index (χ3v) is 7.63. The maximum absolute atomic E-state index is 12.8. The number of anilines is 1. The molecular weight excluding hydrogens is 488 g/mol. The number of carbonyl (C=O) groups is 3. The topological polar surface area (TPSA) is 112 Å². The Morgan fingerprint density at radius 1 is 1.11 bits per heavy atom. The summed E-state index contributed by atoms with van der Waals surface area (Å²) in [4.78, 5) is 39.0. The van der Waals surface area contributed by atoms with E-state index in [0.29, 0.717) is 16.1 Å². The van der Waals surface area contributed by atoms with Gasteiger partial charge in [0, 0.05) is 10.6 Å². The number of amides is 1. The Morgan fingerprint density at radius 3 is 2.51 bits per heavy atom. The maximum Gasteiger partial charge on any atom is 0.341 e. The molecule has 9 nitrogen and oxygen atoms in total. The molecule has 1 aliphatic carbocycles. The Hall–Kier alpha value is -3.18. The first-order valence-electron chi connectivity index (χ1n) is 11.1. The number of nitrogens with one attached hydrogen (secondary N) is 1. The number of aromatic nitrogens is 3. The summed E-state index contributed by atoms with van der Waals surface area (Å²) in [5.74, 6) is -0.874. The average molecular weight is 515 g/mol. The highest BCUT2D eigenvalue weighted by Crippen LogP contribution is 2.38. The van der Waals surface area contributed by atoms with Crippen LogP contribution in [0.1, 0.15) is 56.7 Å². The van der Waals surface area contributed by atoms with E-state index in [1.807, 2.05) is 17.7 Å². The van der Waals surface area contributed by atoms with E-state index >= 15 is 0 Å². The minimum Gasteiger partial charge on any atom is -0.465 e.